The molecule has 0 spiro atoms. The molecule has 5 atom stereocenters. The summed E-state index contributed by atoms with van der Waals surface area (Å²) in [6, 6.07) is 2.98. The molecule has 5 amide bonds. The van der Waals surface area contributed by atoms with E-state index in [1.165, 1.54) is 6.92 Å². The maximum atomic E-state index is 12.9. The summed E-state index contributed by atoms with van der Waals surface area (Å²) in [6.45, 7) is 1.20. The number of hydrogen-bond acceptors (Lipinski definition) is 8. The quantitative estimate of drug-likeness (QED) is 0.110. The van der Waals surface area contributed by atoms with Gasteiger partial charge in [-0.05, 0) is 25.3 Å². The minimum atomic E-state index is -1.60. The Morgan fingerprint density at radius 3 is 1.86 bits per heavy atom. The van der Waals surface area contributed by atoms with Crippen molar-refractivity contribution in [2.75, 3.05) is 0 Å². The van der Waals surface area contributed by atoms with E-state index in [4.69, 9.17) is 17.2 Å². The lowest BCUT2D eigenvalue weighted by Crippen LogP contribution is -2.60. The highest BCUT2D eigenvalue weighted by Gasteiger charge is 2.33. The third-order valence-corrected chi connectivity index (χ3v) is 5.31. The zero-order valence-corrected chi connectivity index (χ0v) is 20.4. The fourth-order valence-electron chi connectivity index (χ4n) is 3.23. The molecule has 14 nitrogen and oxygen atoms in total. The van der Waals surface area contributed by atoms with Crippen molar-refractivity contribution in [2.45, 2.75) is 69.3 Å². The molecule has 1 aromatic rings. The first-order valence-electron chi connectivity index (χ1n) is 11.5. The highest BCUT2D eigenvalue weighted by Crippen LogP contribution is 2.06. The monoisotopic (exact) mass is 522 g/mol. The number of nitrogens with one attached hydrogen (secondary N) is 3. The average molecular weight is 523 g/mol. The van der Waals surface area contributed by atoms with E-state index in [1.54, 1.807) is 30.3 Å². The second-order valence-corrected chi connectivity index (χ2v) is 8.49. The van der Waals surface area contributed by atoms with E-state index in [1.807, 2.05) is 0 Å². The maximum Gasteiger partial charge on any atom is 0.326 e. The molecule has 5 unspecified atom stereocenters. The van der Waals surface area contributed by atoms with Crippen LogP contribution < -0.4 is 33.2 Å². The Labute approximate surface area is 213 Å². The lowest BCUT2D eigenvalue weighted by atomic mass is 10.0. The molecule has 14 heteroatoms. The van der Waals surface area contributed by atoms with Gasteiger partial charge in [-0.15, -0.1) is 0 Å². The second-order valence-electron chi connectivity index (χ2n) is 8.49. The van der Waals surface area contributed by atoms with Crippen LogP contribution >= 0.6 is 0 Å². The maximum absolute atomic E-state index is 12.9. The number of carbonyl (C=O) groups is 6. The standard InChI is InChI=1S/C23H34N6O8/c1-12(30)19(22(35)28-16(23(36)37)11-13-5-3-2-4-6-13)29-21(34)15(8-10-18(26)32)27-20(33)14(24)7-9-17(25)31/h2-6,12,14-16,19,30H,7-11,24H2,1H3,(H2,25,31)(H2,26,32)(H,27,33)(H,28,35)(H,29,34)(H,36,37). The van der Waals surface area contributed by atoms with E-state index in [-0.39, 0.29) is 32.1 Å². The van der Waals surface area contributed by atoms with Crippen LogP contribution in [0.2, 0.25) is 0 Å². The number of primary amides is 2. The van der Waals surface area contributed by atoms with Crippen LogP contribution in [0.3, 0.4) is 0 Å². The number of aliphatic hydroxyl groups excluding tert-OH is 1. The summed E-state index contributed by atoms with van der Waals surface area (Å²) in [5, 5.41) is 26.5. The summed E-state index contributed by atoms with van der Waals surface area (Å²) in [4.78, 5) is 72.0. The molecule has 0 saturated carbocycles. The number of amides is 5. The summed E-state index contributed by atoms with van der Waals surface area (Å²) < 4.78 is 0. The zero-order valence-electron chi connectivity index (χ0n) is 20.4. The predicted molar refractivity (Wildman–Crippen MR) is 130 cm³/mol. The van der Waals surface area contributed by atoms with E-state index in [0.29, 0.717) is 5.56 Å². The van der Waals surface area contributed by atoms with Crippen molar-refractivity contribution in [2.24, 2.45) is 17.2 Å². The van der Waals surface area contributed by atoms with Crippen molar-refractivity contribution in [3.8, 4) is 0 Å². The minimum Gasteiger partial charge on any atom is -0.480 e. The molecular weight excluding hydrogens is 488 g/mol. The molecule has 0 radical (unpaired) electrons. The highest BCUT2D eigenvalue weighted by molar-refractivity contribution is 5.94. The summed E-state index contributed by atoms with van der Waals surface area (Å²) in [6.07, 6.45) is -2.34. The van der Waals surface area contributed by atoms with Gasteiger partial charge >= 0.3 is 5.97 Å². The van der Waals surface area contributed by atoms with Gasteiger partial charge in [0.25, 0.3) is 0 Å². The number of nitrogens with two attached hydrogens (primary N) is 3. The molecule has 0 saturated heterocycles. The van der Waals surface area contributed by atoms with Gasteiger partial charge < -0.3 is 43.4 Å². The molecule has 0 aliphatic carbocycles. The van der Waals surface area contributed by atoms with Crippen molar-refractivity contribution in [3.05, 3.63) is 35.9 Å². The largest absolute Gasteiger partial charge is 0.480 e. The van der Waals surface area contributed by atoms with Crippen molar-refractivity contribution in [3.63, 3.8) is 0 Å². The van der Waals surface area contributed by atoms with Gasteiger partial charge in [-0.1, -0.05) is 30.3 Å². The Morgan fingerprint density at radius 2 is 1.35 bits per heavy atom. The van der Waals surface area contributed by atoms with Crippen molar-refractivity contribution in [1.82, 2.24) is 16.0 Å². The molecule has 0 fully saturated rings. The Morgan fingerprint density at radius 1 is 0.811 bits per heavy atom. The number of hydrogen-bond donors (Lipinski definition) is 8. The molecule has 1 aromatic carbocycles. The fourth-order valence-corrected chi connectivity index (χ4v) is 3.23. The summed E-state index contributed by atoms with van der Waals surface area (Å²) >= 11 is 0. The minimum absolute atomic E-state index is 0.0527. The van der Waals surface area contributed by atoms with Crippen molar-refractivity contribution >= 4 is 35.5 Å². The normalized spacial score (nSPS) is 14.8. The lowest BCUT2D eigenvalue weighted by molar-refractivity contribution is -0.143. The average Bonchev–Trinajstić information content (AvgIpc) is 2.82. The Bertz CT molecular complexity index is 971. The van der Waals surface area contributed by atoms with Crippen LogP contribution in [0, 0.1) is 0 Å². The van der Waals surface area contributed by atoms with Gasteiger partial charge in [-0.25, -0.2) is 4.79 Å². The number of aliphatic carboxylic acids is 1. The molecule has 0 aliphatic heterocycles. The fraction of sp³-hybridized carbons (Fsp3) is 0.478. The third kappa shape index (κ3) is 11.5. The van der Waals surface area contributed by atoms with E-state index in [2.05, 4.69) is 16.0 Å². The first-order chi connectivity index (χ1) is 17.3. The number of benzene rings is 1. The van der Waals surface area contributed by atoms with Crippen LogP contribution in [-0.2, 0) is 35.2 Å². The first kappa shape index (κ1) is 31.0. The van der Waals surface area contributed by atoms with E-state index >= 15 is 0 Å². The molecule has 0 heterocycles. The molecule has 0 aromatic heterocycles. The van der Waals surface area contributed by atoms with Gasteiger partial charge in [0.1, 0.15) is 18.1 Å². The van der Waals surface area contributed by atoms with Crippen molar-refractivity contribution in [1.29, 1.82) is 0 Å². The molecule has 11 N–H and O–H groups in total. The van der Waals surface area contributed by atoms with Gasteiger partial charge in [0.2, 0.25) is 29.5 Å². The van der Waals surface area contributed by atoms with E-state index < -0.39 is 65.8 Å². The predicted octanol–water partition coefficient (Wildman–Crippen LogP) is -2.99. The first-order valence-corrected chi connectivity index (χ1v) is 11.5. The highest BCUT2D eigenvalue weighted by atomic mass is 16.4. The van der Waals surface area contributed by atoms with Crippen LogP contribution in [0.5, 0.6) is 0 Å². The van der Waals surface area contributed by atoms with Gasteiger partial charge in [-0.3, -0.25) is 24.0 Å². The molecule has 0 bridgehead atoms. The second kappa shape index (κ2) is 15.2. The summed E-state index contributed by atoms with van der Waals surface area (Å²) in [5.41, 5.74) is 16.5. The molecule has 37 heavy (non-hydrogen) atoms. The van der Waals surface area contributed by atoms with E-state index in [9.17, 15) is 39.0 Å². The SMILES string of the molecule is CC(O)C(NC(=O)C(CCC(N)=O)NC(=O)C(N)CCC(N)=O)C(=O)NC(Cc1ccccc1)C(=O)O. The molecule has 0 aliphatic rings. The number of aliphatic hydroxyl groups is 1. The van der Waals surface area contributed by atoms with Crippen LogP contribution in [0.4, 0.5) is 0 Å². The smallest absolute Gasteiger partial charge is 0.326 e. The van der Waals surface area contributed by atoms with Crippen LogP contribution in [0.25, 0.3) is 0 Å². The number of carboxylic acid groups (broad SMARTS) is 1. The number of carboxylic acids is 1. The number of rotatable bonds is 16. The topological polar surface area (TPSA) is 257 Å². The van der Waals surface area contributed by atoms with Crippen LogP contribution in [0.15, 0.2) is 30.3 Å². The van der Waals surface area contributed by atoms with Gasteiger partial charge in [0.15, 0.2) is 0 Å². The summed E-state index contributed by atoms with van der Waals surface area (Å²) in [7, 11) is 0. The Balaban J connectivity index is 2.97. The summed E-state index contributed by atoms with van der Waals surface area (Å²) in [5.74, 6) is -5.52. The van der Waals surface area contributed by atoms with Crippen LogP contribution in [0.1, 0.15) is 38.2 Å². The van der Waals surface area contributed by atoms with Gasteiger partial charge in [-0.2, -0.15) is 0 Å². The Hall–Kier alpha value is -4.04. The third-order valence-electron chi connectivity index (χ3n) is 5.31. The Kier molecular flexibility index (Phi) is 12.7. The van der Waals surface area contributed by atoms with Gasteiger partial charge in [0, 0.05) is 19.3 Å². The molecule has 1 rings (SSSR count). The molecule has 204 valence electrons. The van der Waals surface area contributed by atoms with Crippen molar-refractivity contribution < 1.29 is 39.0 Å². The van der Waals surface area contributed by atoms with Crippen LogP contribution in [-0.4, -0.2) is 76.0 Å². The van der Waals surface area contributed by atoms with E-state index in [0.717, 1.165) is 0 Å². The molecular formula is C23H34N6O8. The van der Waals surface area contributed by atoms with Gasteiger partial charge in [0.05, 0.1) is 12.1 Å². The number of carbonyl (C=O) groups excluding carboxylic acids is 5. The lowest BCUT2D eigenvalue weighted by Gasteiger charge is -2.26. The zero-order chi connectivity index (χ0) is 28.1.